The van der Waals surface area contributed by atoms with Gasteiger partial charge >= 0.3 is 0 Å². The molecule has 4 N–H and O–H groups in total. The van der Waals surface area contributed by atoms with Gasteiger partial charge in [-0.3, -0.25) is 14.9 Å². The maximum atomic E-state index is 10.6. The third-order valence-electron chi connectivity index (χ3n) is 1.11. The highest BCUT2D eigenvalue weighted by Gasteiger charge is 2.07. The minimum Gasteiger partial charge on any atom is -0.369 e. The highest BCUT2D eigenvalue weighted by molar-refractivity contribution is 5.79. The van der Waals surface area contributed by atoms with Crippen LogP contribution in [-0.4, -0.2) is 17.3 Å². The molecule has 0 spiro atoms. The second kappa shape index (κ2) is 7.14. The highest BCUT2D eigenvalue weighted by atomic mass is 16.6. The fourth-order valence-corrected chi connectivity index (χ4v) is 0.597. The van der Waals surface area contributed by atoms with Crippen LogP contribution in [0.4, 0.5) is 0 Å². The molecule has 0 aromatic rings. The van der Waals surface area contributed by atoms with Crippen LogP contribution in [0.2, 0.25) is 0 Å². The molecule has 0 rings (SSSR count). The van der Waals surface area contributed by atoms with Crippen molar-refractivity contribution < 1.29 is 9.72 Å². The van der Waals surface area contributed by atoms with Crippen molar-refractivity contribution in [1.29, 1.82) is 0 Å². The highest BCUT2D eigenvalue weighted by Crippen LogP contribution is 1.94. The van der Waals surface area contributed by atoms with Crippen LogP contribution in [0.25, 0.3) is 0 Å². The van der Waals surface area contributed by atoms with Gasteiger partial charge in [0, 0.05) is 11.3 Å². The van der Waals surface area contributed by atoms with Gasteiger partial charge in [-0.1, -0.05) is 13.3 Å². The Morgan fingerprint density at radius 1 is 1.55 bits per heavy atom. The first-order chi connectivity index (χ1) is 4.66. The molecular formula is C6H15N2O3+. The SMILES string of the molecule is CCCCC(=O)C[N+](=O)[O-].[NH4+]. The van der Waals surface area contributed by atoms with E-state index in [-0.39, 0.29) is 11.9 Å². The van der Waals surface area contributed by atoms with E-state index >= 15 is 0 Å². The average Bonchev–Trinajstić information content (AvgIpc) is 1.82. The summed E-state index contributed by atoms with van der Waals surface area (Å²) >= 11 is 0. The third-order valence-corrected chi connectivity index (χ3v) is 1.11. The number of quaternary nitrogens is 1. The Kier molecular flexibility index (Phi) is 8.23. The van der Waals surface area contributed by atoms with Gasteiger partial charge in [-0.2, -0.15) is 0 Å². The Morgan fingerprint density at radius 2 is 2.09 bits per heavy atom. The zero-order valence-corrected chi connectivity index (χ0v) is 7.00. The van der Waals surface area contributed by atoms with Gasteiger partial charge in [-0.25, -0.2) is 0 Å². The smallest absolute Gasteiger partial charge is 0.261 e. The maximum absolute atomic E-state index is 10.6. The lowest BCUT2D eigenvalue weighted by Crippen LogP contribution is -2.12. The van der Waals surface area contributed by atoms with E-state index in [2.05, 4.69) is 0 Å². The molecule has 0 aliphatic carbocycles. The van der Waals surface area contributed by atoms with Gasteiger partial charge in [-0.05, 0) is 6.42 Å². The average molecular weight is 163 g/mol. The van der Waals surface area contributed by atoms with Gasteiger partial charge in [0.05, 0.1) is 0 Å². The summed E-state index contributed by atoms with van der Waals surface area (Å²) in [5.41, 5.74) is 0. The molecule has 0 aliphatic rings. The van der Waals surface area contributed by atoms with Crippen molar-refractivity contribution in [3.05, 3.63) is 10.1 Å². The Hall–Kier alpha value is -0.970. The van der Waals surface area contributed by atoms with Crippen LogP contribution in [0.5, 0.6) is 0 Å². The van der Waals surface area contributed by atoms with Crippen molar-refractivity contribution in [2.24, 2.45) is 0 Å². The number of carbonyl (C=O) groups excluding carboxylic acids is 1. The molecule has 0 saturated heterocycles. The van der Waals surface area contributed by atoms with Crippen LogP contribution in [-0.2, 0) is 4.79 Å². The van der Waals surface area contributed by atoms with E-state index in [0.29, 0.717) is 6.42 Å². The van der Waals surface area contributed by atoms with Crippen molar-refractivity contribution in [3.8, 4) is 0 Å². The van der Waals surface area contributed by atoms with Crippen LogP contribution < -0.4 is 6.15 Å². The van der Waals surface area contributed by atoms with E-state index in [9.17, 15) is 14.9 Å². The van der Waals surface area contributed by atoms with Gasteiger partial charge in [0.2, 0.25) is 5.78 Å². The Bertz CT molecular complexity index is 136. The second-order valence-corrected chi connectivity index (χ2v) is 2.13. The van der Waals surface area contributed by atoms with Crippen LogP contribution >= 0.6 is 0 Å². The van der Waals surface area contributed by atoms with Crippen molar-refractivity contribution >= 4 is 5.78 Å². The molecule has 66 valence electrons. The molecule has 0 amide bonds. The first-order valence-electron chi connectivity index (χ1n) is 3.30. The summed E-state index contributed by atoms with van der Waals surface area (Å²) in [5.74, 6) is -0.271. The van der Waals surface area contributed by atoms with E-state index in [4.69, 9.17) is 0 Å². The monoisotopic (exact) mass is 163 g/mol. The molecule has 0 heterocycles. The third kappa shape index (κ3) is 9.03. The Labute approximate surface area is 65.5 Å². The lowest BCUT2D eigenvalue weighted by molar-refractivity contribution is -0.467. The summed E-state index contributed by atoms with van der Waals surface area (Å²) in [6.45, 7) is 1.43. The van der Waals surface area contributed by atoms with Crippen molar-refractivity contribution in [2.45, 2.75) is 26.2 Å². The number of ketones is 1. The fourth-order valence-electron chi connectivity index (χ4n) is 0.597. The Morgan fingerprint density at radius 3 is 2.45 bits per heavy atom. The summed E-state index contributed by atoms with van der Waals surface area (Å²) in [5, 5.41) is 9.76. The molecule has 0 unspecified atom stereocenters. The lowest BCUT2D eigenvalue weighted by Gasteiger charge is -1.91. The minimum atomic E-state index is -0.585. The fraction of sp³-hybridized carbons (Fsp3) is 0.833. The van der Waals surface area contributed by atoms with Crippen LogP contribution in [0.15, 0.2) is 0 Å². The molecule has 0 aromatic heterocycles. The summed E-state index contributed by atoms with van der Waals surface area (Å²) in [4.78, 5) is 19.7. The Balaban J connectivity index is 0. The predicted molar refractivity (Wildman–Crippen MR) is 42.4 cm³/mol. The molecule has 11 heavy (non-hydrogen) atoms. The summed E-state index contributed by atoms with van der Waals surface area (Å²) < 4.78 is 0. The van der Waals surface area contributed by atoms with Crippen LogP contribution in [0, 0.1) is 10.1 Å². The number of rotatable bonds is 5. The van der Waals surface area contributed by atoms with E-state index in [1.807, 2.05) is 6.92 Å². The van der Waals surface area contributed by atoms with Gasteiger partial charge in [0.1, 0.15) is 0 Å². The zero-order chi connectivity index (χ0) is 7.98. The standard InChI is InChI=1S/C6H11NO3.H3N/c1-2-3-4-6(8)5-7(9)10;/h2-5H2,1H3;1H3/p+1. The van der Waals surface area contributed by atoms with Crippen LogP contribution in [0.1, 0.15) is 26.2 Å². The zero-order valence-electron chi connectivity index (χ0n) is 7.00. The molecule has 0 bridgehead atoms. The molecule has 0 atom stereocenters. The topological polar surface area (TPSA) is 96.7 Å². The first kappa shape index (κ1) is 12.7. The number of hydrogen-bond donors (Lipinski definition) is 1. The largest absolute Gasteiger partial charge is 0.369 e. The van der Waals surface area contributed by atoms with Gasteiger partial charge < -0.3 is 6.15 Å². The van der Waals surface area contributed by atoms with Crippen molar-refractivity contribution in [2.75, 3.05) is 6.54 Å². The number of nitro groups is 1. The number of unbranched alkanes of at least 4 members (excludes halogenated alkanes) is 1. The molecule has 5 nitrogen and oxygen atoms in total. The predicted octanol–water partition coefficient (Wildman–Crippen LogP) is 1.40. The quantitative estimate of drug-likeness (QED) is 0.490. The number of carbonyl (C=O) groups is 1. The van der Waals surface area contributed by atoms with Crippen LogP contribution in [0.3, 0.4) is 0 Å². The van der Waals surface area contributed by atoms with Crippen molar-refractivity contribution in [3.63, 3.8) is 0 Å². The molecule has 5 heteroatoms. The summed E-state index contributed by atoms with van der Waals surface area (Å²) in [6.07, 6.45) is 2.01. The molecule has 0 fully saturated rings. The van der Waals surface area contributed by atoms with E-state index in [0.717, 1.165) is 12.8 Å². The minimum absolute atomic E-state index is 0. The normalized spacial score (nSPS) is 8.45. The summed E-state index contributed by atoms with van der Waals surface area (Å²) in [6, 6.07) is 0. The molecule has 0 aliphatic heterocycles. The number of nitrogens with zero attached hydrogens (tertiary/aromatic N) is 1. The molecule has 0 aromatic carbocycles. The van der Waals surface area contributed by atoms with Crippen molar-refractivity contribution in [1.82, 2.24) is 6.15 Å². The lowest BCUT2D eigenvalue weighted by atomic mass is 10.2. The number of Topliss-reactive ketones (excluding diaryl/α,β-unsaturated/α-hetero) is 1. The van der Waals surface area contributed by atoms with E-state index in [1.165, 1.54) is 0 Å². The maximum Gasteiger partial charge on any atom is 0.261 e. The van der Waals surface area contributed by atoms with Gasteiger partial charge in [-0.15, -0.1) is 0 Å². The van der Waals surface area contributed by atoms with E-state index in [1.54, 1.807) is 0 Å². The van der Waals surface area contributed by atoms with E-state index < -0.39 is 11.5 Å². The first-order valence-corrected chi connectivity index (χ1v) is 3.30. The second-order valence-electron chi connectivity index (χ2n) is 2.13. The number of hydrogen-bond acceptors (Lipinski definition) is 3. The van der Waals surface area contributed by atoms with Gasteiger partial charge in [0.15, 0.2) is 0 Å². The summed E-state index contributed by atoms with van der Waals surface area (Å²) in [7, 11) is 0. The van der Waals surface area contributed by atoms with Gasteiger partial charge in [0.25, 0.3) is 6.54 Å². The molecule has 0 radical (unpaired) electrons. The molecular weight excluding hydrogens is 148 g/mol. The molecule has 0 saturated carbocycles.